The molecule has 1 N–H and O–H groups in total. The molecule has 0 spiro atoms. The summed E-state index contributed by atoms with van der Waals surface area (Å²) in [4.78, 5) is 26.4. The van der Waals surface area contributed by atoms with Crippen molar-refractivity contribution in [2.45, 2.75) is 40.0 Å². The van der Waals surface area contributed by atoms with Crippen LogP contribution in [-0.2, 0) is 4.79 Å². The number of nitrogens with zero attached hydrogens (tertiary/aromatic N) is 1. The summed E-state index contributed by atoms with van der Waals surface area (Å²) in [6.45, 7) is 8.74. The fourth-order valence-corrected chi connectivity index (χ4v) is 3.27. The predicted octanol–water partition coefficient (Wildman–Crippen LogP) is 3.10. The van der Waals surface area contributed by atoms with E-state index in [0.717, 1.165) is 38.1 Å². The van der Waals surface area contributed by atoms with E-state index in [1.54, 1.807) is 24.3 Å². The summed E-state index contributed by atoms with van der Waals surface area (Å²) in [7, 11) is 0. The van der Waals surface area contributed by atoms with Crippen LogP contribution in [0.2, 0.25) is 0 Å². The second-order valence-corrected chi connectivity index (χ2v) is 7.15. The zero-order valence-corrected chi connectivity index (χ0v) is 15.6. The number of unbranched alkanes of at least 4 members (excludes halogenated alkanes) is 1. The van der Waals surface area contributed by atoms with Crippen molar-refractivity contribution in [3.05, 3.63) is 29.8 Å². The standard InChI is InChI=1S/C20H30N2O3/c1-4-5-10-25-18-8-6-17(7-9-18)20(24)21-12-19(23)22-13-15(2)11-16(3)14-22/h6-9,15-16H,4-5,10-14H2,1-3H3,(H,21,24)/t15-,16-/m1/s1. The second kappa shape index (κ2) is 9.44. The van der Waals surface area contributed by atoms with E-state index >= 15 is 0 Å². The Labute approximate surface area is 150 Å². The van der Waals surface area contributed by atoms with Crippen LogP contribution in [0.15, 0.2) is 24.3 Å². The van der Waals surface area contributed by atoms with Crippen LogP contribution in [0.25, 0.3) is 0 Å². The molecule has 1 aromatic carbocycles. The molecule has 5 nitrogen and oxygen atoms in total. The topological polar surface area (TPSA) is 58.6 Å². The number of hydrogen-bond donors (Lipinski definition) is 1. The maximum Gasteiger partial charge on any atom is 0.251 e. The van der Waals surface area contributed by atoms with Gasteiger partial charge in [0.2, 0.25) is 5.91 Å². The Hall–Kier alpha value is -2.04. The van der Waals surface area contributed by atoms with Crippen molar-refractivity contribution >= 4 is 11.8 Å². The average Bonchev–Trinajstić information content (AvgIpc) is 2.59. The average molecular weight is 346 g/mol. The van der Waals surface area contributed by atoms with Crippen molar-refractivity contribution in [1.82, 2.24) is 10.2 Å². The van der Waals surface area contributed by atoms with Gasteiger partial charge in [0, 0.05) is 18.7 Å². The van der Waals surface area contributed by atoms with Crippen molar-refractivity contribution in [2.75, 3.05) is 26.2 Å². The Bertz CT molecular complexity index is 561. The van der Waals surface area contributed by atoms with Gasteiger partial charge in [-0.3, -0.25) is 9.59 Å². The number of hydrogen-bond acceptors (Lipinski definition) is 3. The van der Waals surface area contributed by atoms with Gasteiger partial charge in [-0.25, -0.2) is 0 Å². The normalized spacial score (nSPS) is 20.2. The zero-order chi connectivity index (χ0) is 18.2. The molecule has 2 atom stereocenters. The lowest BCUT2D eigenvalue weighted by atomic mass is 9.92. The van der Waals surface area contributed by atoms with Gasteiger partial charge in [-0.15, -0.1) is 0 Å². The molecule has 0 aliphatic carbocycles. The van der Waals surface area contributed by atoms with E-state index in [9.17, 15) is 9.59 Å². The van der Waals surface area contributed by atoms with E-state index in [1.807, 2.05) is 4.90 Å². The highest BCUT2D eigenvalue weighted by Gasteiger charge is 2.25. The van der Waals surface area contributed by atoms with Gasteiger partial charge >= 0.3 is 0 Å². The van der Waals surface area contributed by atoms with Crippen LogP contribution in [-0.4, -0.2) is 43.0 Å². The number of carbonyl (C=O) groups excluding carboxylic acids is 2. The maximum atomic E-state index is 12.3. The summed E-state index contributed by atoms with van der Waals surface area (Å²) in [5.41, 5.74) is 0.538. The van der Waals surface area contributed by atoms with Crippen molar-refractivity contribution in [3.63, 3.8) is 0 Å². The quantitative estimate of drug-likeness (QED) is 0.772. The van der Waals surface area contributed by atoms with Gasteiger partial charge in [0.15, 0.2) is 0 Å². The largest absolute Gasteiger partial charge is 0.494 e. The number of rotatable bonds is 7. The van der Waals surface area contributed by atoms with Gasteiger partial charge in [-0.2, -0.15) is 0 Å². The molecule has 0 unspecified atom stereocenters. The van der Waals surface area contributed by atoms with Gasteiger partial charge in [-0.1, -0.05) is 27.2 Å². The molecule has 1 aliphatic heterocycles. The minimum absolute atomic E-state index is 0.00808. The van der Waals surface area contributed by atoms with Gasteiger partial charge in [0.05, 0.1) is 13.2 Å². The number of likely N-dealkylation sites (tertiary alicyclic amines) is 1. The first-order valence-electron chi connectivity index (χ1n) is 9.28. The van der Waals surface area contributed by atoms with Crippen molar-refractivity contribution < 1.29 is 14.3 Å². The first kappa shape index (κ1) is 19.3. The number of amides is 2. The number of nitrogens with one attached hydrogen (secondary N) is 1. The molecule has 0 bridgehead atoms. The third kappa shape index (κ3) is 6.07. The van der Waals surface area contributed by atoms with E-state index in [2.05, 4.69) is 26.1 Å². The van der Waals surface area contributed by atoms with Crippen LogP contribution in [0.3, 0.4) is 0 Å². The van der Waals surface area contributed by atoms with E-state index in [1.165, 1.54) is 0 Å². The minimum Gasteiger partial charge on any atom is -0.494 e. The second-order valence-electron chi connectivity index (χ2n) is 7.15. The van der Waals surface area contributed by atoms with E-state index in [4.69, 9.17) is 4.74 Å². The summed E-state index contributed by atoms with van der Waals surface area (Å²) < 4.78 is 5.59. The van der Waals surface area contributed by atoms with Gasteiger partial charge in [0.1, 0.15) is 5.75 Å². The molecule has 1 fully saturated rings. The van der Waals surface area contributed by atoms with E-state index < -0.39 is 0 Å². The molecule has 1 saturated heterocycles. The molecule has 0 radical (unpaired) electrons. The molecular weight excluding hydrogens is 316 g/mol. The molecule has 2 amide bonds. The third-order valence-corrected chi connectivity index (χ3v) is 4.50. The maximum absolute atomic E-state index is 12.3. The molecule has 1 aliphatic rings. The number of benzene rings is 1. The molecule has 0 aromatic heterocycles. The first-order valence-corrected chi connectivity index (χ1v) is 9.28. The third-order valence-electron chi connectivity index (χ3n) is 4.50. The van der Waals surface area contributed by atoms with Crippen LogP contribution >= 0.6 is 0 Å². The van der Waals surface area contributed by atoms with Gasteiger partial charge in [0.25, 0.3) is 5.91 Å². The smallest absolute Gasteiger partial charge is 0.251 e. The lowest BCUT2D eigenvalue weighted by Crippen LogP contribution is -2.46. The Morgan fingerprint density at radius 3 is 2.40 bits per heavy atom. The number of carbonyl (C=O) groups is 2. The lowest BCUT2D eigenvalue weighted by Gasteiger charge is -2.35. The van der Waals surface area contributed by atoms with Crippen LogP contribution < -0.4 is 10.1 Å². The Kier molecular flexibility index (Phi) is 7.29. The summed E-state index contributed by atoms with van der Waals surface area (Å²) in [5.74, 6) is 1.56. The lowest BCUT2D eigenvalue weighted by molar-refractivity contribution is -0.132. The number of ether oxygens (including phenoxy) is 1. The van der Waals surface area contributed by atoms with Crippen molar-refractivity contribution in [3.8, 4) is 5.75 Å². The number of piperidine rings is 1. The van der Waals surface area contributed by atoms with Crippen molar-refractivity contribution in [1.29, 1.82) is 0 Å². The van der Waals surface area contributed by atoms with Crippen LogP contribution in [0.5, 0.6) is 5.75 Å². The summed E-state index contributed by atoms with van der Waals surface area (Å²) in [5, 5.41) is 2.73. The SMILES string of the molecule is CCCCOc1ccc(C(=O)NCC(=O)N2C[C@H](C)C[C@@H](C)C2)cc1. The first-order chi connectivity index (χ1) is 12.0. The molecule has 5 heteroatoms. The summed E-state index contributed by atoms with van der Waals surface area (Å²) >= 11 is 0. The molecule has 1 aromatic rings. The molecule has 25 heavy (non-hydrogen) atoms. The van der Waals surface area contributed by atoms with Crippen molar-refractivity contribution in [2.24, 2.45) is 11.8 Å². The highest BCUT2D eigenvalue weighted by molar-refractivity contribution is 5.96. The van der Waals surface area contributed by atoms with E-state index in [-0.39, 0.29) is 18.4 Å². The zero-order valence-electron chi connectivity index (χ0n) is 15.6. The summed E-state index contributed by atoms with van der Waals surface area (Å²) in [6.07, 6.45) is 3.25. The minimum atomic E-state index is -0.230. The van der Waals surface area contributed by atoms with Crippen LogP contribution in [0.4, 0.5) is 0 Å². The van der Waals surface area contributed by atoms with Crippen LogP contribution in [0.1, 0.15) is 50.4 Å². The molecule has 2 rings (SSSR count). The fraction of sp³-hybridized carbons (Fsp3) is 0.600. The van der Waals surface area contributed by atoms with Gasteiger partial charge in [-0.05, 0) is 48.9 Å². The Morgan fingerprint density at radius 1 is 1.16 bits per heavy atom. The molecule has 1 heterocycles. The monoisotopic (exact) mass is 346 g/mol. The van der Waals surface area contributed by atoms with Crippen LogP contribution in [0, 0.1) is 11.8 Å². The molecule has 138 valence electrons. The Morgan fingerprint density at radius 2 is 1.80 bits per heavy atom. The van der Waals surface area contributed by atoms with Gasteiger partial charge < -0.3 is 15.0 Å². The summed E-state index contributed by atoms with van der Waals surface area (Å²) in [6, 6.07) is 7.04. The Balaban J connectivity index is 1.80. The highest BCUT2D eigenvalue weighted by atomic mass is 16.5. The fourth-order valence-electron chi connectivity index (χ4n) is 3.27. The highest BCUT2D eigenvalue weighted by Crippen LogP contribution is 2.20. The van der Waals surface area contributed by atoms with E-state index in [0.29, 0.717) is 24.0 Å². The molecular formula is C20H30N2O3. The molecule has 0 saturated carbocycles. The predicted molar refractivity (Wildman–Crippen MR) is 98.7 cm³/mol.